The molecule has 4 amide bonds. The van der Waals surface area contributed by atoms with Gasteiger partial charge in [0.2, 0.25) is 23.6 Å². The molecule has 11 N–H and O–H groups in total. The van der Waals surface area contributed by atoms with Crippen molar-refractivity contribution in [1.82, 2.24) is 20.9 Å². The fraction of sp³-hybridized carbons (Fsp3) is 0.286. The number of hydrogen-bond donors (Lipinski definition) is 9. The monoisotopic (exact) mass is 596 g/mol. The first-order chi connectivity index (χ1) is 20.3. The summed E-state index contributed by atoms with van der Waals surface area (Å²) in [7, 11) is 0. The van der Waals surface area contributed by atoms with Crippen LogP contribution < -0.4 is 27.4 Å². The second-order valence-electron chi connectivity index (χ2n) is 9.83. The third-order valence-corrected chi connectivity index (χ3v) is 6.49. The molecule has 0 saturated heterocycles. The summed E-state index contributed by atoms with van der Waals surface area (Å²) in [6, 6.07) is 6.92. The van der Waals surface area contributed by atoms with E-state index in [4.69, 9.17) is 16.6 Å². The number of nitrogens with two attached hydrogens (primary N) is 2. The number of aromatic nitrogens is 1. The number of amides is 4. The zero-order chi connectivity index (χ0) is 31.7. The Balaban J connectivity index is 1.91. The number of rotatable bonds is 15. The van der Waals surface area contributed by atoms with Crippen LogP contribution in [-0.4, -0.2) is 80.0 Å². The average molecular weight is 597 g/mol. The molecule has 0 aliphatic rings. The van der Waals surface area contributed by atoms with Gasteiger partial charge in [0.15, 0.2) is 0 Å². The molecule has 15 heteroatoms. The maximum atomic E-state index is 13.6. The third-order valence-electron chi connectivity index (χ3n) is 6.49. The molecule has 2 aromatic carbocycles. The number of aliphatic carboxylic acids is 2. The maximum Gasteiger partial charge on any atom is 0.326 e. The fourth-order valence-electron chi connectivity index (χ4n) is 4.31. The number of primary amides is 1. The summed E-state index contributed by atoms with van der Waals surface area (Å²) in [6.45, 7) is 0. The van der Waals surface area contributed by atoms with Crippen molar-refractivity contribution in [1.29, 1.82) is 0 Å². The van der Waals surface area contributed by atoms with E-state index in [0.29, 0.717) is 11.1 Å². The molecule has 0 spiro atoms. The summed E-state index contributed by atoms with van der Waals surface area (Å²) in [5.41, 5.74) is 12.7. The second-order valence-corrected chi connectivity index (χ2v) is 9.83. The molecular weight excluding hydrogens is 564 g/mol. The largest absolute Gasteiger partial charge is 0.508 e. The van der Waals surface area contributed by atoms with Crippen LogP contribution in [0.25, 0.3) is 10.9 Å². The lowest BCUT2D eigenvalue weighted by Crippen LogP contribution is -2.58. The van der Waals surface area contributed by atoms with Crippen molar-refractivity contribution in [2.24, 2.45) is 11.5 Å². The number of para-hydroxylation sites is 1. The van der Waals surface area contributed by atoms with Crippen molar-refractivity contribution in [3.8, 4) is 5.75 Å². The summed E-state index contributed by atoms with van der Waals surface area (Å²) in [5.74, 6) is -6.63. The van der Waals surface area contributed by atoms with Crippen molar-refractivity contribution in [2.45, 2.75) is 49.9 Å². The Morgan fingerprint density at radius 1 is 0.767 bits per heavy atom. The predicted molar refractivity (Wildman–Crippen MR) is 151 cm³/mol. The molecule has 4 atom stereocenters. The first-order valence-corrected chi connectivity index (χ1v) is 13.1. The van der Waals surface area contributed by atoms with E-state index in [0.717, 1.165) is 10.9 Å². The van der Waals surface area contributed by atoms with E-state index in [1.807, 2.05) is 0 Å². The highest BCUT2D eigenvalue weighted by atomic mass is 16.4. The van der Waals surface area contributed by atoms with Crippen molar-refractivity contribution >= 4 is 46.5 Å². The Kier molecular flexibility index (Phi) is 10.8. The summed E-state index contributed by atoms with van der Waals surface area (Å²) in [5, 5.41) is 36.0. The number of hydrogen-bond acceptors (Lipinski definition) is 8. The molecule has 15 nitrogen and oxygen atoms in total. The Morgan fingerprint density at radius 3 is 1.95 bits per heavy atom. The van der Waals surface area contributed by atoms with Gasteiger partial charge >= 0.3 is 11.9 Å². The Hall–Kier alpha value is -5.44. The fourth-order valence-corrected chi connectivity index (χ4v) is 4.31. The van der Waals surface area contributed by atoms with Gasteiger partial charge in [0.1, 0.15) is 23.9 Å². The van der Waals surface area contributed by atoms with E-state index in [2.05, 4.69) is 20.9 Å². The molecule has 0 bridgehead atoms. The highest BCUT2D eigenvalue weighted by Gasteiger charge is 2.32. The van der Waals surface area contributed by atoms with Crippen molar-refractivity contribution in [2.75, 3.05) is 0 Å². The van der Waals surface area contributed by atoms with Crippen LogP contribution in [0.2, 0.25) is 0 Å². The Labute approximate surface area is 244 Å². The smallest absolute Gasteiger partial charge is 0.326 e. The minimum Gasteiger partial charge on any atom is -0.508 e. The molecule has 0 aliphatic carbocycles. The van der Waals surface area contributed by atoms with Crippen LogP contribution in [0, 0.1) is 0 Å². The van der Waals surface area contributed by atoms with E-state index >= 15 is 0 Å². The van der Waals surface area contributed by atoms with Gasteiger partial charge < -0.3 is 47.7 Å². The minimum atomic E-state index is -1.68. The topological polar surface area (TPSA) is 267 Å². The van der Waals surface area contributed by atoms with E-state index in [1.54, 1.807) is 30.5 Å². The van der Waals surface area contributed by atoms with Gasteiger partial charge in [-0.1, -0.05) is 30.3 Å². The highest BCUT2D eigenvalue weighted by Crippen LogP contribution is 2.19. The highest BCUT2D eigenvalue weighted by molar-refractivity contribution is 5.96. The molecule has 4 unspecified atom stereocenters. The minimum absolute atomic E-state index is 0.0552. The number of benzene rings is 2. The summed E-state index contributed by atoms with van der Waals surface area (Å²) in [6.07, 6.45) is -0.0329. The van der Waals surface area contributed by atoms with Gasteiger partial charge in [-0.25, -0.2) is 4.79 Å². The molecule has 0 radical (unpaired) electrons. The van der Waals surface area contributed by atoms with Crippen LogP contribution in [0.3, 0.4) is 0 Å². The first kappa shape index (κ1) is 32.1. The number of aromatic amines is 1. The predicted octanol–water partition coefficient (Wildman–Crippen LogP) is -1.12. The maximum absolute atomic E-state index is 13.6. The molecule has 3 rings (SSSR count). The molecule has 1 heterocycles. The summed E-state index contributed by atoms with van der Waals surface area (Å²) in [4.78, 5) is 76.7. The number of fused-ring (bicyclic) bond motifs is 1. The lowest BCUT2D eigenvalue weighted by molar-refractivity contribution is -0.143. The number of phenols is 1. The van der Waals surface area contributed by atoms with E-state index in [9.17, 15) is 39.0 Å². The summed E-state index contributed by atoms with van der Waals surface area (Å²) >= 11 is 0. The molecule has 0 aliphatic heterocycles. The number of carbonyl (C=O) groups excluding carboxylic acids is 4. The molecule has 0 fully saturated rings. The molecule has 1 aromatic heterocycles. The number of carboxylic acid groups (broad SMARTS) is 2. The average Bonchev–Trinajstić information content (AvgIpc) is 3.35. The zero-order valence-corrected chi connectivity index (χ0v) is 22.8. The number of carbonyl (C=O) groups is 6. The van der Waals surface area contributed by atoms with Crippen LogP contribution in [0.15, 0.2) is 54.7 Å². The zero-order valence-electron chi connectivity index (χ0n) is 22.8. The van der Waals surface area contributed by atoms with Gasteiger partial charge in [-0.15, -0.1) is 0 Å². The second kappa shape index (κ2) is 14.5. The first-order valence-electron chi connectivity index (χ1n) is 13.1. The van der Waals surface area contributed by atoms with Gasteiger partial charge in [-0.05, 0) is 29.3 Å². The van der Waals surface area contributed by atoms with E-state index in [-0.39, 0.29) is 18.6 Å². The van der Waals surface area contributed by atoms with Gasteiger partial charge in [-0.2, -0.15) is 0 Å². The SMILES string of the molecule is NC(=O)CC(NC(=O)C(Cc1ccc(O)cc1)NC(=O)C(Cc1c[nH]c2ccccc12)NC(=O)C(N)CC(=O)O)C(=O)O. The van der Waals surface area contributed by atoms with Crippen LogP contribution in [-0.2, 0) is 41.6 Å². The number of nitrogens with one attached hydrogen (secondary N) is 4. The quantitative estimate of drug-likeness (QED) is 0.102. The molecule has 43 heavy (non-hydrogen) atoms. The molecule has 3 aromatic rings. The summed E-state index contributed by atoms with van der Waals surface area (Å²) < 4.78 is 0. The third kappa shape index (κ3) is 9.29. The van der Waals surface area contributed by atoms with Crippen molar-refractivity contribution in [3.05, 3.63) is 65.9 Å². The van der Waals surface area contributed by atoms with Crippen LogP contribution in [0.1, 0.15) is 24.0 Å². The molecule has 228 valence electrons. The number of phenolic OH excluding ortho intramolecular Hbond substituents is 1. The molecular formula is C28H32N6O9. The van der Waals surface area contributed by atoms with Gasteiger partial charge in [0, 0.05) is 29.9 Å². The number of carboxylic acids is 2. The van der Waals surface area contributed by atoms with Crippen molar-refractivity contribution < 1.29 is 44.1 Å². The number of H-pyrrole nitrogens is 1. The standard InChI is InChI=1S/C28H32N6O9/c29-18(11-24(37)38)25(39)32-21(10-15-13-31-19-4-2-1-3-17(15)19)27(41)33-20(9-14-5-7-16(35)8-6-14)26(40)34-22(28(42)43)12-23(30)36/h1-8,13,18,20-22,31,35H,9-12,29H2,(H2,30,36)(H,32,39)(H,33,41)(H,34,40)(H,37,38)(H,42,43). The van der Waals surface area contributed by atoms with Gasteiger partial charge in [0.05, 0.1) is 18.9 Å². The van der Waals surface area contributed by atoms with E-state index < -0.39 is 72.6 Å². The lowest BCUT2D eigenvalue weighted by Gasteiger charge is -2.25. The van der Waals surface area contributed by atoms with Crippen molar-refractivity contribution in [3.63, 3.8) is 0 Å². The van der Waals surface area contributed by atoms with Gasteiger partial charge in [-0.3, -0.25) is 24.0 Å². The lowest BCUT2D eigenvalue weighted by atomic mass is 10.0. The van der Waals surface area contributed by atoms with Crippen LogP contribution in [0.5, 0.6) is 5.75 Å². The van der Waals surface area contributed by atoms with Gasteiger partial charge in [0.25, 0.3) is 0 Å². The normalized spacial score (nSPS) is 13.7. The van der Waals surface area contributed by atoms with E-state index in [1.165, 1.54) is 24.3 Å². The van der Waals surface area contributed by atoms with Crippen LogP contribution in [0.4, 0.5) is 0 Å². The molecule has 0 saturated carbocycles. The number of aromatic hydroxyl groups is 1. The Bertz CT molecular complexity index is 1500. The Morgan fingerprint density at radius 2 is 1.35 bits per heavy atom. The van der Waals surface area contributed by atoms with Crippen LogP contribution >= 0.6 is 0 Å².